The molecular formula is C15H25N3O. The SMILES string of the molecule is CCNc1ncccc1CN(C)C1CCCCC1O. The number of likely N-dealkylation sites (N-methyl/N-ethyl adjacent to an activating group) is 1. The van der Waals surface area contributed by atoms with Gasteiger partial charge in [-0.1, -0.05) is 18.9 Å². The molecule has 2 N–H and O–H groups in total. The van der Waals surface area contributed by atoms with Crippen molar-refractivity contribution >= 4 is 5.82 Å². The van der Waals surface area contributed by atoms with Crippen LogP contribution in [0.1, 0.15) is 38.2 Å². The molecule has 106 valence electrons. The Hall–Kier alpha value is -1.13. The van der Waals surface area contributed by atoms with E-state index in [-0.39, 0.29) is 12.1 Å². The fraction of sp³-hybridized carbons (Fsp3) is 0.667. The molecule has 2 rings (SSSR count). The summed E-state index contributed by atoms with van der Waals surface area (Å²) >= 11 is 0. The number of nitrogens with zero attached hydrogens (tertiary/aromatic N) is 2. The molecule has 0 aliphatic heterocycles. The maximum Gasteiger partial charge on any atom is 0.130 e. The molecule has 1 aromatic heterocycles. The van der Waals surface area contributed by atoms with Crippen LogP contribution in [0.25, 0.3) is 0 Å². The molecule has 0 amide bonds. The first-order chi connectivity index (χ1) is 9.22. The Morgan fingerprint density at radius 2 is 2.21 bits per heavy atom. The van der Waals surface area contributed by atoms with Gasteiger partial charge in [0.1, 0.15) is 5.82 Å². The molecule has 0 spiro atoms. The summed E-state index contributed by atoms with van der Waals surface area (Å²) in [4.78, 5) is 6.65. The maximum absolute atomic E-state index is 10.1. The first-order valence-corrected chi connectivity index (χ1v) is 7.28. The van der Waals surface area contributed by atoms with Crippen molar-refractivity contribution in [3.63, 3.8) is 0 Å². The second kappa shape index (κ2) is 6.87. The van der Waals surface area contributed by atoms with Crippen molar-refractivity contribution in [1.82, 2.24) is 9.88 Å². The molecule has 4 heteroatoms. The van der Waals surface area contributed by atoms with Gasteiger partial charge >= 0.3 is 0 Å². The van der Waals surface area contributed by atoms with E-state index >= 15 is 0 Å². The van der Waals surface area contributed by atoms with Gasteiger partial charge in [0.05, 0.1) is 6.10 Å². The van der Waals surface area contributed by atoms with Crippen molar-refractivity contribution in [3.05, 3.63) is 23.9 Å². The lowest BCUT2D eigenvalue weighted by Gasteiger charge is -2.35. The van der Waals surface area contributed by atoms with Crippen molar-refractivity contribution in [3.8, 4) is 0 Å². The topological polar surface area (TPSA) is 48.4 Å². The summed E-state index contributed by atoms with van der Waals surface area (Å²) in [5, 5.41) is 13.4. The highest BCUT2D eigenvalue weighted by Crippen LogP contribution is 2.24. The quantitative estimate of drug-likeness (QED) is 0.855. The van der Waals surface area contributed by atoms with Crippen LogP contribution in [0.5, 0.6) is 0 Å². The molecule has 0 saturated heterocycles. The molecule has 0 aromatic carbocycles. The number of rotatable bonds is 5. The average molecular weight is 263 g/mol. The Balaban J connectivity index is 2.03. The van der Waals surface area contributed by atoms with E-state index in [1.807, 2.05) is 12.3 Å². The molecule has 19 heavy (non-hydrogen) atoms. The fourth-order valence-electron chi connectivity index (χ4n) is 2.88. The van der Waals surface area contributed by atoms with Crippen LogP contribution in [-0.2, 0) is 6.54 Å². The molecule has 1 aliphatic carbocycles. The Morgan fingerprint density at radius 1 is 1.42 bits per heavy atom. The van der Waals surface area contributed by atoms with Gasteiger partial charge in [0, 0.05) is 30.9 Å². The van der Waals surface area contributed by atoms with Crippen LogP contribution in [0.4, 0.5) is 5.82 Å². The third-order valence-corrected chi connectivity index (χ3v) is 3.92. The van der Waals surface area contributed by atoms with Gasteiger partial charge in [-0.2, -0.15) is 0 Å². The van der Waals surface area contributed by atoms with Crippen LogP contribution >= 0.6 is 0 Å². The van der Waals surface area contributed by atoms with Gasteiger partial charge in [-0.05, 0) is 32.9 Å². The van der Waals surface area contributed by atoms with E-state index in [2.05, 4.69) is 35.2 Å². The van der Waals surface area contributed by atoms with Gasteiger partial charge in [-0.15, -0.1) is 0 Å². The number of hydrogen-bond donors (Lipinski definition) is 2. The van der Waals surface area contributed by atoms with Gasteiger partial charge in [0.2, 0.25) is 0 Å². The standard InChI is InChI=1S/C15H25N3O/c1-3-16-15-12(7-6-10-17-15)11-18(2)13-8-4-5-9-14(13)19/h6-7,10,13-14,19H,3-5,8-9,11H2,1-2H3,(H,16,17). The summed E-state index contributed by atoms with van der Waals surface area (Å²) < 4.78 is 0. The summed E-state index contributed by atoms with van der Waals surface area (Å²) in [6.07, 6.45) is 6.03. The molecule has 4 nitrogen and oxygen atoms in total. The summed E-state index contributed by atoms with van der Waals surface area (Å²) in [7, 11) is 2.10. The van der Waals surface area contributed by atoms with E-state index in [9.17, 15) is 5.11 Å². The smallest absolute Gasteiger partial charge is 0.130 e. The van der Waals surface area contributed by atoms with E-state index < -0.39 is 0 Å². The summed E-state index contributed by atoms with van der Waals surface area (Å²) in [6.45, 7) is 3.78. The highest BCUT2D eigenvalue weighted by molar-refractivity contribution is 5.43. The number of pyridine rings is 1. The maximum atomic E-state index is 10.1. The van der Waals surface area contributed by atoms with Crippen LogP contribution in [0.2, 0.25) is 0 Å². The zero-order valence-electron chi connectivity index (χ0n) is 12.0. The largest absolute Gasteiger partial charge is 0.391 e. The normalized spacial score (nSPS) is 23.6. The zero-order valence-corrected chi connectivity index (χ0v) is 12.0. The lowest BCUT2D eigenvalue weighted by Crippen LogP contribution is -2.42. The molecule has 0 radical (unpaired) electrons. The van der Waals surface area contributed by atoms with Gasteiger partial charge in [-0.25, -0.2) is 4.98 Å². The number of aliphatic hydroxyl groups excluding tert-OH is 1. The van der Waals surface area contributed by atoms with Crippen LogP contribution in [0, 0.1) is 0 Å². The van der Waals surface area contributed by atoms with E-state index in [1.165, 1.54) is 12.0 Å². The minimum Gasteiger partial charge on any atom is -0.391 e. The molecule has 1 aromatic rings. The molecular weight excluding hydrogens is 238 g/mol. The Kier molecular flexibility index (Phi) is 5.16. The third kappa shape index (κ3) is 3.67. The lowest BCUT2D eigenvalue weighted by atomic mass is 9.91. The van der Waals surface area contributed by atoms with Crippen molar-refractivity contribution in [1.29, 1.82) is 0 Å². The van der Waals surface area contributed by atoms with E-state index in [0.29, 0.717) is 0 Å². The van der Waals surface area contributed by atoms with Crippen molar-refractivity contribution < 1.29 is 5.11 Å². The van der Waals surface area contributed by atoms with Crippen molar-refractivity contribution in [2.45, 2.75) is 51.3 Å². The highest BCUT2D eigenvalue weighted by atomic mass is 16.3. The van der Waals surface area contributed by atoms with Crippen molar-refractivity contribution in [2.75, 3.05) is 18.9 Å². The summed E-state index contributed by atoms with van der Waals surface area (Å²) in [6, 6.07) is 4.36. The van der Waals surface area contributed by atoms with Crippen LogP contribution in [0.15, 0.2) is 18.3 Å². The Bertz CT molecular complexity index is 397. The minimum absolute atomic E-state index is 0.182. The van der Waals surface area contributed by atoms with E-state index in [1.54, 1.807) is 0 Å². The molecule has 1 heterocycles. The van der Waals surface area contributed by atoms with Gasteiger partial charge in [-0.3, -0.25) is 4.90 Å². The minimum atomic E-state index is -0.182. The number of nitrogens with one attached hydrogen (secondary N) is 1. The summed E-state index contributed by atoms with van der Waals surface area (Å²) in [5.74, 6) is 0.960. The molecule has 2 unspecified atom stereocenters. The number of aliphatic hydroxyl groups is 1. The molecule has 1 aliphatic rings. The monoisotopic (exact) mass is 263 g/mol. The third-order valence-electron chi connectivity index (χ3n) is 3.92. The van der Waals surface area contributed by atoms with E-state index in [4.69, 9.17) is 0 Å². The zero-order chi connectivity index (χ0) is 13.7. The molecule has 1 fully saturated rings. The van der Waals surface area contributed by atoms with Gasteiger partial charge in [0.25, 0.3) is 0 Å². The second-order valence-corrected chi connectivity index (χ2v) is 5.38. The van der Waals surface area contributed by atoms with Gasteiger partial charge < -0.3 is 10.4 Å². The fourth-order valence-corrected chi connectivity index (χ4v) is 2.88. The van der Waals surface area contributed by atoms with Crippen LogP contribution in [0.3, 0.4) is 0 Å². The van der Waals surface area contributed by atoms with Crippen LogP contribution < -0.4 is 5.32 Å². The van der Waals surface area contributed by atoms with E-state index in [0.717, 1.165) is 38.2 Å². The second-order valence-electron chi connectivity index (χ2n) is 5.38. The molecule has 1 saturated carbocycles. The lowest BCUT2D eigenvalue weighted by molar-refractivity contribution is 0.0289. The molecule has 0 bridgehead atoms. The number of aromatic nitrogens is 1. The number of hydrogen-bond acceptors (Lipinski definition) is 4. The highest BCUT2D eigenvalue weighted by Gasteiger charge is 2.26. The predicted molar refractivity (Wildman–Crippen MR) is 78.1 cm³/mol. The summed E-state index contributed by atoms with van der Waals surface area (Å²) in [5.41, 5.74) is 1.20. The van der Waals surface area contributed by atoms with Crippen LogP contribution in [-0.4, -0.2) is 40.7 Å². The first-order valence-electron chi connectivity index (χ1n) is 7.28. The average Bonchev–Trinajstić information content (AvgIpc) is 2.41. The van der Waals surface area contributed by atoms with Crippen molar-refractivity contribution in [2.24, 2.45) is 0 Å². The first kappa shape index (κ1) is 14.3. The molecule has 2 atom stereocenters. The Morgan fingerprint density at radius 3 is 2.95 bits per heavy atom. The number of anilines is 1. The van der Waals surface area contributed by atoms with Gasteiger partial charge in [0.15, 0.2) is 0 Å². The Labute approximate surface area is 115 Å². The predicted octanol–water partition coefficient (Wildman–Crippen LogP) is 2.25.